The molecule has 2 rings (SSSR count). The van der Waals surface area contributed by atoms with Crippen molar-refractivity contribution in [3.63, 3.8) is 0 Å². The smallest absolute Gasteiger partial charge is 0.358 e. The molecule has 0 aromatic carbocycles. The maximum Gasteiger partial charge on any atom is 0.358 e. The van der Waals surface area contributed by atoms with Gasteiger partial charge in [-0.25, -0.2) is 4.79 Å². The monoisotopic (exact) mass is 239 g/mol. The van der Waals surface area contributed by atoms with Crippen LogP contribution in [-0.4, -0.2) is 40.1 Å². The second kappa shape index (κ2) is 4.54. The molecule has 3 N–H and O–H groups in total. The predicted octanol–water partition coefficient (Wildman–Crippen LogP) is -0.320. The molecule has 2 heterocycles. The number of aromatic nitrogens is 1. The number of carboxylic acid groups (broad SMARTS) is 1. The molecule has 0 saturated carbocycles. The van der Waals surface area contributed by atoms with E-state index in [-0.39, 0.29) is 17.5 Å². The molecule has 1 aliphatic rings. The van der Waals surface area contributed by atoms with Gasteiger partial charge in [0.2, 0.25) is 5.91 Å². The van der Waals surface area contributed by atoms with Crippen molar-refractivity contribution in [3.8, 4) is 0 Å². The number of aromatic carboxylic acids is 1. The van der Waals surface area contributed by atoms with Crippen molar-refractivity contribution >= 4 is 11.9 Å². The summed E-state index contributed by atoms with van der Waals surface area (Å²) < 4.78 is 4.89. The second-order valence-corrected chi connectivity index (χ2v) is 4.11. The summed E-state index contributed by atoms with van der Waals surface area (Å²) in [5, 5.41) is 12.1. The fraction of sp³-hybridized carbons (Fsp3) is 0.500. The second-order valence-electron chi connectivity index (χ2n) is 4.11. The third kappa shape index (κ3) is 2.62. The van der Waals surface area contributed by atoms with E-state index in [0.717, 1.165) is 13.0 Å². The molecule has 1 saturated heterocycles. The van der Waals surface area contributed by atoms with Crippen LogP contribution in [0.1, 0.15) is 22.7 Å². The number of carbonyl (C=O) groups is 2. The summed E-state index contributed by atoms with van der Waals surface area (Å²) in [6.07, 6.45) is 0.731. The van der Waals surface area contributed by atoms with Gasteiger partial charge >= 0.3 is 5.97 Å². The Balaban J connectivity index is 1.93. The van der Waals surface area contributed by atoms with Gasteiger partial charge in [0, 0.05) is 12.6 Å². The van der Waals surface area contributed by atoms with Crippen LogP contribution in [0.5, 0.6) is 0 Å². The SMILES string of the molecule is NC(=O)C1CCN(Cc2cc(C(=O)O)no2)C1. The van der Waals surface area contributed by atoms with Crippen molar-refractivity contribution in [1.82, 2.24) is 10.1 Å². The van der Waals surface area contributed by atoms with E-state index in [1.807, 2.05) is 4.90 Å². The molecule has 1 aromatic rings. The van der Waals surface area contributed by atoms with Crippen molar-refractivity contribution in [2.75, 3.05) is 13.1 Å². The highest BCUT2D eigenvalue weighted by Crippen LogP contribution is 2.18. The first-order valence-electron chi connectivity index (χ1n) is 5.27. The maximum absolute atomic E-state index is 11.0. The lowest BCUT2D eigenvalue weighted by atomic mass is 10.1. The number of likely N-dealkylation sites (tertiary alicyclic amines) is 1. The molecule has 1 fully saturated rings. The van der Waals surface area contributed by atoms with Crippen molar-refractivity contribution < 1.29 is 19.2 Å². The van der Waals surface area contributed by atoms with Gasteiger partial charge in [0.25, 0.3) is 0 Å². The van der Waals surface area contributed by atoms with Crippen LogP contribution in [0.4, 0.5) is 0 Å². The minimum Gasteiger partial charge on any atom is -0.476 e. The molecule has 7 nitrogen and oxygen atoms in total. The lowest BCUT2D eigenvalue weighted by molar-refractivity contribution is -0.121. The third-order valence-corrected chi connectivity index (χ3v) is 2.83. The Morgan fingerprint density at radius 2 is 2.41 bits per heavy atom. The van der Waals surface area contributed by atoms with Gasteiger partial charge in [-0.15, -0.1) is 0 Å². The lowest BCUT2D eigenvalue weighted by Gasteiger charge is -2.12. The topological polar surface area (TPSA) is 110 Å². The highest BCUT2D eigenvalue weighted by Gasteiger charge is 2.27. The largest absolute Gasteiger partial charge is 0.476 e. The predicted molar refractivity (Wildman–Crippen MR) is 56.0 cm³/mol. The molecule has 0 aliphatic carbocycles. The van der Waals surface area contributed by atoms with Gasteiger partial charge < -0.3 is 15.4 Å². The summed E-state index contributed by atoms with van der Waals surface area (Å²) in [5.74, 6) is -1.06. The van der Waals surface area contributed by atoms with Crippen molar-refractivity contribution in [3.05, 3.63) is 17.5 Å². The molecule has 0 bridgehead atoms. The van der Waals surface area contributed by atoms with E-state index in [2.05, 4.69) is 5.16 Å². The van der Waals surface area contributed by atoms with Crippen LogP contribution in [0.3, 0.4) is 0 Å². The van der Waals surface area contributed by atoms with Crippen LogP contribution in [0, 0.1) is 5.92 Å². The number of nitrogens with two attached hydrogens (primary N) is 1. The zero-order valence-corrected chi connectivity index (χ0v) is 9.13. The number of hydrogen-bond donors (Lipinski definition) is 2. The minimum absolute atomic E-state index is 0.106. The molecular weight excluding hydrogens is 226 g/mol. The van der Waals surface area contributed by atoms with Crippen LogP contribution < -0.4 is 5.73 Å². The molecule has 7 heteroatoms. The minimum atomic E-state index is -1.11. The molecule has 17 heavy (non-hydrogen) atoms. The van der Waals surface area contributed by atoms with E-state index in [0.29, 0.717) is 18.8 Å². The Hall–Kier alpha value is -1.89. The average molecular weight is 239 g/mol. The first-order chi connectivity index (χ1) is 8.06. The van der Waals surface area contributed by atoms with Crippen LogP contribution in [-0.2, 0) is 11.3 Å². The number of carboxylic acids is 1. The van der Waals surface area contributed by atoms with Crippen molar-refractivity contribution in [2.45, 2.75) is 13.0 Å². The fourth-order valence-corrected chi connectivity index (χ4v) is 1.92. The Labute approximate surface area is 97.2 Å². The standard InChI is InChI=1S/C10H13N3O4/c11-9(14)6-1-2-13(4-6)5-7-3-8(10(15)16)12-17-7/h3,6H,1-2,4-5H2,(H2,11,14)(H,15,16). The zero-order chi connectivity index (χ0) is 12.4. The van der Waals surface area contributed by atoms with E-state index in [1.165, 1.54) is 6.07 Å². The number of rotatable bonds is 4. The Morgan fingerprint density at radius 3 is 2.94 bits per heavy atom. The molecule has 1 atom stereocenters. The van der Waals surface area contributed by atoms with Gasteiger partial charge in [0.1, 0.15) is 0 Å². The zero-order valence-electron chi connectivity index (χ0n) is 9.13. The summed E-state index contributed by atoms with van der Waals surface area (Å²) in [5.41, 5.74) is 5.11. The molecule has 92 valence electrons. The Bertz CT molecular complexity index is 443. The van der Waals surface area contributed by atoms with Crippen molar-refractivity contribution in [1.29, 1.82) is 0 Å². The number of primary amides is 1. The maximum atomic E-state index is 11.0. The van der Waals surface area contributed by atoms with Gasteiger partial charge in [0.05, 0.1) is 12.5 Å². The summed E-state index contributed by atoms with van der Waals surface area (Å²) in [6.45, 7) is 1.78. The van der Waals surface area contributed by atoms with E-state index in [4.69, 9.17) is 15.4 Å². The summed E-state index contributed by atoms with van der Waals surface area (Å²) in [6, 6.07) is 1.39. The van der Waals surface area contributed by atoms with Gasteiger partial charge in [-0.05, 0) is 13.0 Å². The van der Waals surface area contributed by atoms with E-state index in [9.17, 15) is 9.59 Å². The van der Waals surface area contributed by atoms with E-state index >= 15 is 0 Å². The first kappa shape index (κ1) is 11.6. The summed E-state index contributed by atoms with van der Waals surface area (Å²) in [7, 11) is 0. The first-order valence-corrected chi connectivity index (χ1v) is 5.27. The molecule has 1 unspecified atom stereocenters. The highest BCUT2D eigenvalue weighted by atomic mass is 16.5. The molecule has 1 amide bonds. The van der Waals surface area contributed by atoms with Crippen LogP contribution in [0.2, 0.25) is 0 Å². The van der Waals surface area contributed by atoms with Crippen LogP contribution in [0.15, 0.2) is 10.6 Å². The van der Waals surface area contributed by atoms with Gasteiger partial charge in [-0.3, -0.25) is 9.69 Å². The number of nitrogens with zero attached hydrogens (tertiary/aromatic N) is 2. The van der Waals surface area contributed by atoms with Crippen LogP contribution in [0.25, 0.3) is 0 Å². The third-order valence-electron chi connectivity index (χ3n) is 2.83. The Morgan fingerprint density at radius 1 is 1.65 bits per heavy atom. The van der Waals surface area contributed by atoms with E-state index in [1.54, 1.807) is 0 Å². The highest BCUT2D eigenvalue weighted by molar-refractivity contribution is 5.85. The molecular formula is C10H13N3O4. The number of amides is 1. The quantitative estimate of drug-likeness (QED) is 0.745. The normalized spacial score (nSPS) is 20.6. The summed E-state index contributed by atoms with van der Waals surface area (Å²) in [4.78, 5) is 23.6. The van der Waals surface area contributed by atoms with Crippen LogP contribution >= 0.6 is 0 Å². The van der Waals surface area contributed by atoms with Gasteiger partial charge in [-0.2, -0.15) is 0 Å². The molecule has 0 radical (unpaired) electrons. The van der Waals surface area contributed by atoms with E-state index < -0.39 is 5.97 Å². The number of carbonyl (C=O) groups excluding carboxylic acids is 1. The summed E-state index contributed by atoms with van der Waals surface area (Å²) >= 11 is 0. The van der Waals surface area contributed by atoms with Crippen molar-refractivity contribution in [2.24, 2.45) is 11.7 Å². The fourth-order valence-electron chi connectivity index (χ4n) is 1.92. The molecule has 1 aliphatic heterocycles. The molecule has 1 aromatic heterocycles. The lowest BCUT2D eigenvalue weighted by Crippen LogP contribution is -2.27. The average Bonchev–Trinajstić information content (AvgIpc) is 2.87. The number of hydrogen-bond acceptors (Lipinski definition) is 5. The van der Waals surface area contributed by atoms with Gasteiger partial charge in [0.15, 0.2) is 11.5 Å². The Kier molecular flexibility index (Phi) is 3.10. The molecule has 0 spiro atoms. The van der Waals surface area contributed by atoms with Gasteiger partial charge in [-0.1, -0.05) is 5.16 Å².